The molecule has 3 rings (SSSR count). The van der Waals surface area contributed by atoms with Crippen LogP contribution in [-0.2, 0) is 11.2 Å². The van der Waals surface area contributed by atoms with Gasteiger partial charge in [-0.25, -0.2) is 0 Å². The summed E-state index contributed by atoms with van der Waals surface area (Å²) in [6, 6.07) is 12.1. The first-order chi connectivity index (χ1) is 11.2. The molecule has 1 aliphatic rings. The molecular weight excluding hydrogens is 374 g/mol. The van der Waals surface area contributed by atoms with Crippen LogP contribution in [0.4, 0.5) is 0 Å². The molecule has 0 radical (unpaired) electrons. The molecule has 23 heavy (non-hydrogen) atoms. The van der Waals surface area contributed by atoms with Crippen molar-refractivity contribution in [2.45, 2.75) is 25.3 Å². The highest BCUT2D eigenvalue weighted by Crippen LogP contribution is 2.21. The lowest BCUT2D eigenvalue weighted by atomic mass is 10.0. The van der Waals surface area contributed by atoms with Crippen LogP contribution in [0.25, 0.3) is 0 Å². The maximum Gasteiger partial charge on any atom is 0.254 e. The van der Waals surface area contributed by atoms with E-state index in [1.165, 1.54) is 4.88 Å². The molecule has 122 valence electrons. The van der Waals surface area contributed by atoms with E-state index in [1.54, 1.807) is 11.3 Å². The summed E-state index contributed by atoms with van der Waals surface area (Å²) < 4.78 is 6.40. The molecule has 2 aromatic rings. The zero-order chi connectivity index (χ0) is 16.1. The number of thiophene rings is 1. The average Bonchev–Trinajstić information content (AvgIpc) is 3.09. The van der Waals surface area contributed by atoms with Gasteiger partial charge in [-0.1, -0.05) is 28.1 Å². The quantitative estimate of drug-likeness (QED) is 0.754. The van der Waals surface area contributed by atoms with Crippen molar-refractivity contribution in [3.8, 4) is 0 Å². The molecule has 2 heterocycles. The van der Waals surface area contributed by atoms with E-state index in [1.807, 2.05) is 29.2 Å². The number of ether oxygens (including phenoxy) is 1. The Hall–Kier alpha value is -1.17. The first-order valence-corrected chi connectivity index (χ1v) is 9.58. The highest BCUT2D eigenvalue weighted by Gasteiger charge is 2.26. The first-order valence-electron chi connectivity index (χ1n) is 7.91. The Morgan fingerprint density at radius 2 is 2.09 bits per heavy atom. The summed E-state index contributed by atoms with van der Waals surface area (Å²) in [5.74, 6) is 0.120. The van der Waals surface area contributed by atoms with Crippen LogP contribution in [0.15, 0.2) is 46.3 Å². The van der Waals surface area contributed by atoms with Crippen LogP contribution in [0.1, 0.15) is 28.1 Å². The largest absolute Gasteiger partial charge is 0.381 e. The van der Waals surface area contributed by atoms with Gasteiger partial charge in [-0.15, -0.1) is 11.3 Å². The summed E-state index contributed by atoms with van der Waals surface area (Å²) in [6.45, 7) is 2.24. The normalized spacial score (nSPS) is 15.5. The van der Waals surface area contributed by atoms with Crippen LogP contribution in [-0.4, -0.2) is 36.6 Å². The third kappa shape index (κ3) is 4.43. The van der Waals surface area contributed by atoms with Crippen molar-refractivity contribution in [3.63, 3.8) is 0 Å². The molecule has 0 saturated carbocycles. The molecule has 0 bridgehead atoms. The van der Waals surface area contributed by atoms with Gasteiger partial charge in [0, 0.05) is 40.7 Å². The van der Waals surface area contributed by atoms with Crippen LogP contribution in [0.5, 0.6) is 0 Å². The van der Waals surface area contributed by atoms with Gasteiger partial charge in [0.15, 0.2) is 0 Å². The Labute approximate surface area is 149 Å². The fourth-order valence-electron chi connectivity index (χ4n) is 2.92. The van der Waals surface area contributed by atoms with E-state index in [9.17, 15) is 4.79 Å². The molecule has 1 saturated heterocycles. The van der Waals surface area contributed by atoms with Crippen molar-refractivity contribution >= 4 is 33.2 Å². The molecule has 5 heteroatoms. The molecule has 0 N–H and O–H groups in total. The van der Waals surface area contributed by atoms with Crippen molar-refractivity contribution < 1.29 is 9.53 Å². The van der Waals surface area contributed by atoms with E-state index in [-0.39, 0.29) is 11.9 Å². The number of amides is 1. The van der Waals surface area contributed by atoms with Crippen molar-refractivity contribution in [2.24, 2.45) is 0 Å². The fourth-order valence-corrected chi connectivity index (χ4v) is 4.02. The van der Waals surface area contributed by atoms with Gasteiger partial charge in [0.2, 0.25) is 0 Å². The van der Waals surface area contributed by atoms with Gasteiger partial charge in [0.1, 0.15) is 0 Å². The molecule has 1 aliphatic heterocycles. The fraction of sp³-hybridized carbons (Fsp3) is 0.389. The second kappa shape index (κ2) is 8.08. The van der Waals surface area contributed by atoms with Crippen molar-refractivity contribution in [1.29, 1.82) is 0 Å². The number of nitrogens with zero attached hydrogens (tertiary/aromatic N) is 1. The molecule has 3 nitrogen and oxygen atoms in total. The predicted molar refractivity (Wildman–Crippen MR) is 97.0 cm³/mol. The number of hydrogen-bond acceptors (Lipinski definition) is 3. The first kappa shape index (κ1) is 16.7. The van der Waals surface area contributed by atoms with Crippen molar-refractivity contribution in [1.82, 2.24) is 4.90 Å². The van der Waals surface area contributed by atoms with Crippen LogP contribution in [0.3, 0.4) is 0 Å². The molecule has 0 aliphatic carbocycles. The van der Waals surface area contributed by atoms with E-state index in [4.69, 9.17) is 4.74 Å². The van der Waals surface area contributed by atoms with Crippen LogP contribution in [0.2, 0.25) is 0 Å². The number of carbonyl (C=O) groups is 1. The van der Waals surface area contributed by atoms with Gasteiger partial charge >= 0.3 is 0 Å². The van der Waals surface area contributed by atoms with E-state index in [0.29, 0.717) is 0 Å². The molecule has 1 aromatic carbocycles. The minimum Gasteiger partial charge on any atom is -0.381 e. The van der Waals surface area contributed by atoms with Crippen LogP contribution >= 0.6 is 27.3 Å². The highest BCUT2D eigenvalue weighted by molar-refractivity contribution is 9.10. The molecular formula is C18H20BrNO2S. The number of carbonyl (C=O) groups excluding carboxylic acids is 1. The second-order valence-electron chi connectivity index (χ2n) is 5.68. The van der Waals surface area contributed by atoms with Gasteiger partial charge in [-0.05, 0) is 48.9 Å². The minimum atomic E-state index is 0.120. The van der Waals surface area contributed by atoms with Crippen molar-refractivity contribution in [2.75, 3.05) is 19.8 Å². The zero-order valence-corrected chi connectivity index (χ0v) is 15.3. The number of rotatable bonds is 5. The van der Waals surface area contributed by atoms with Gasteiger partial charge in [0.05, 0.1) is 0 Å². The number of halogens is 1. The number of benzene rings is 1. The molecule has 0 spiro atoms. The lowest BCUT2D eigenvalue weighted by Crippen LogP contribution is -2.44. The molecule has 1 fully saturated rings. The topological polar surface area (TPSA) is 29.5 Å². The Balaban J connectivity index is 1.76. The average molecular weight is 394 g/mol. The monoisotopic (exact) mass is 393 g/mol. The predicted octanol–water partition coefficient (Wildman–Crippen LogP) is 4.37. The van der Waals surface area contributed by atoms with Gasteiger partial charge in [0.25, 0.3) is 5.91 Å². The lowest BCUT2D eigenvalue weighted by Gasteiger charge is -2.34. The molecule has 0 atom stereocenters. The summed E-state index contributed by atoms with van der Waals surface area (Å²) >= 11 is 5.21. The smallest absolute Gasteiger partial charge is 0.254 e. The van der Waals surface area contributed by atoms with E-state index in [0.717, 1.165) is 49.1 Å². The Kier molecular flexibility index (Phi) is 5.86. The van der Waals surface area contributed by atoms with Crippen LogP contribution in [0, 0.1) is 0 Å². The minimum absolute atomic E-state index is 0.120. The highest BCUT2D eigenvalue weighted by atomic mass is 79.9. The van der Waals surface area contributed by atoms with Gasteiger partial charge in [-0.3, -0.25) is 4.79 Å². The Morgan fingerprint density at radius 1 is 1.26 bits per heavy atom. The third-order valence-corrected chi connectivity index (χ3v) is 5.57. The van der Waals surface area contributed by atoms with E-state index in [2.05, 4.69) is 33.4 Å². The van der Waals surface area contributed by atoms with Gasteiger partial charge in [-0.2, -0.15) is 0 Å². The standard InChI is InChI=1S/C18H20BrNO2S/c19-15-4-1-3-14(13-15)18(21)20(16-7-10-22-11-8-16)9-6-17-5-2-12-23-17/h1-5,12-13,16H,6-11H2. The van der Waals surface area contributed by atoms with E-state index < -0.39 is 0 Å². The van der Waals surface area contributed by atoms with Crippen molar-refractivity contribution in [3.05, 3.63) is 56.7 Å². The SMILES string of the molecule is O=C(c1cccc(Br)c1)N(CCc1cccs1)C1CCOCC1. The molecule has 0 unspecified atom stereocenters. The Bertz CT molecular complexity index is 638. The summed E-state index contributed by atoms with van der Waals surface area (Å²) in [5.41, 5.74) is 0.747. The molecule has 1 amide bonds. The molecule has 1 aromatic heterocycles. The maximum atomic E-state index is 13.0. The zero-order valence-electron chi connectivity index (χ0n) is 12.9. The van der Waals surface area contributed by atoms with Gasteiger partial charge < -0.3 is 9.64 Å². The summed E-state index contributed by atoms with van der Waals surface area (Å²) in [5, 5.41) is 2.09. The number of hydrogen-bond donors (Lipinski definition) is 0. The third-order valence-electron chi connectivity index (χ3n) is 4.14. The van der Waals surface area contributed by atoms with Crippen LogP contribution < -0.4 is 0 Å². The second-order valence-corrected chi connectivity index (χ2v) is 7.63. The van der Waals surface area contributed by atoms with E-state index >= 15 is 0 Å². The summed E-state index contributed by atoms with van der Waals surface area (Å²) in [6.07, 6.45) is 2.75. The summed E-state index contributed by atoms with van der Waals surface area (Å²) in [4.78, 5) is 16.4. The Morgan fingerprint density at radius 3 is 2.78 bits per heavy atom. The summed E-state index contributed by atoms with van der Waals surface area (Å²) in [7, 11) is 0. The maximum absolute atomic E-state index is 13.0. The lowest BCUT2D eigenvalue weighted by molar-refractivity contribution is 0.0294.